The quantitative estimate of drug-likeness (QED) is 0.160. The zero-order chi connectivity index (χ0) is 38.4. The third kappa shape index (κ3) is 4.57. The molecule has 6 aromatic rings. The van der Waals surface area contributed by atoms with Gasteiger partial charge in [0.2, 0.25) is 0 Å². The molecule has 270 valence electrons. The van der Waals surface area contributed by atoms with Crippen molar-refractivity contribution in [1.82, 2.24) is 0 Å². The molecular weight excluding hydrogens is 675 g/mol. The first-order chi connectivity index (χ1) is 27.2. The van der Waals surface area contributed by atoms with Crippen LogP contribution in [0.15, 0.2) is 175 Å². The van der Waals surface area contributed by atoms with Crippen molar-refractivity contribution in [3.8, 4) is 34.6 Å². The Morgan fingerprint density at radius 1 is 0.607 bits per heavy atom. The third-order valence-electron chi connectivity index (χ3n) is 13.6. The Bertz CT molecular complexity index is 2760. The van der Waals surface area contributed by atoms with Crippen molar-refractivity contribution in [2.24, 2.45) is 5.41 Å². The average Bonchev–Trinajstić information content (AvgIpc) is 3.73. The molecule has 4 aliphatic rings. The number of rotatable bonds is 5. The molecule has 10 rings (SSSR count). The van der Waals surface area contributed by atoms with Crippen molar-refractivity contribution in [1.29, 1.82) is 0 Å². The van der Waals surface area contributed by atoms with E-state index in [9.17, 15) is 0 Å². The summed E-state index contributed by atoms with van der Waals surface area (Å²) < 4.78 is 0. The summed E-state index contributed by atoms with van der Waals surface area (Å²) in [5, 5.41) is 0. The highest BCUT2D eigenvalue weighted by Crippen LogP contribution is 2.71. The van der Waals surface area contributed by atoms with Gasteiger partial charge in [0.15, 0.2) is 0 Å². The van der Waals surface area contributed by atoms with Gasteiger partial charge in [-0.1, -0.05) is 154 Å². The number of anilines is 3. The Labute approximate surface area is 332 Å². The second-order valence-electron chi connectivity index (χ2n) is 16.8. The molecule has 3 atom stereocenters. The lowest BCUT2D eigenvalue weighted by molar-refractivity contribution is 0.294. The minimum atomic E-state index is -0.363. The van der Waals surface area contributed by atoms with Crippen LogP contribution in [0.3, 0.4) is 0 Å². The molecule has 4 aliphatic carbocycles. The molecule has 1 spiro atoms. The molecule has 0 bridgehead atoms. The van der Waals surface area contributed by atoms with Crippen molar-refractivity contribution in [3.63, 3.8) is 0 Å². The molecule has 0 aromatic heterocycles. The second kappa shape index (κ2) is 12.3. The molecular formula is C55H45N. The SMILES string of the molecule is C#C/C=C\C1=C(C)c2ccc(N(c3ccc(-c4ccc(C)cc4)cc3)c3ccc4c(c3)C3(c5ccccc5-4)c4ccccc4C4C=CC=CC43C)cc2C1(C)C. The van der Waals surface area contributed by atoms with Crippen molar-refractivity contribution in [3.05, 3.63) is 214 Å². The topological polar surface area (TPSA) is 3.24 Å². The molecule has 0 heterocycles. The molecule has 0 N–H and O–H groups in total. The van der Waals surface area contributed by atoms with Gasteiger partial charge < -0.3 is 4.90 Å². The van der Waals surface area contributed by atoms with Gasteiger partial charge >= 0.3 is 0 Å². The fourth-order valence-electron chi connectivity index (χ4n) is 10.9. The summed E-state index contributed by atoms with van der Waals surface area (Å²) in [7, 11) is 0. The van der Waals surface area contributed by atoms with Crippen LogP contribution in [0.1, 0.15) is 72.6 Å². The molecule has 1 heteroatoms. The van der Waals surface area contributed by atoms with Gasteiger partial charge in [-0.2, -0.15) is 0 Å². The summed E-state index contributed by atoms with van der Waals surface area (Å²) in [6.45, 7) is 11.5. The first kappa shape index (κ1) is 34.2. The average molecular weight is 720 g/mol. The number of hydrogen-bond acceptors (Lipinski definition) is 1. The molecule has 0 aliphatic heterocycles. The zero-order valence-corrected chi connectivity index (χ0v) is 32.8. The van der Waals surface area contributed by atoms with Crippen LogP contribution in [0.5, 0.6) is 0 Å². The van der Waals surface area contributed by atoms with E-state index in [0.29, 0.717) is 0 Å². The fourth-order valence-corrected chi connectivity index (χ4v) is 10.9. The van der Waals surface area contributed by atoms with E-state index < -0.39 is 0 Å². The number of nitrogens with zero attached hydrogens (tertiary/aromatic N) is 1. The summed E-state index contributed by atoms with van der Waals surface area (Å²) in [5.41, 5.74) is 19.7. The van der Waals surface area contributed by atoms with E-state index in [1.165, 1.54) is 72.3 Å². The van der Waals surface area contributed by atoms with Crippen molar-refractivity contribution >= 4 is 22.6 Å². The van der Waals surface area contributed by atoms with E-state index in [4.69, 9.17) is 6.42 Å². The van der Waals surface area contributed by atoms with Crippen molar-refractivity contribution < 1.29 is 0 Å². The van der Waals surface area contributed by atoms with E-state index in [-0.39, 0.29) is 22.2 Å². The molecule has 6 aromatic carbocycles. The predicted molar refractivity (Wildman–Crippen MR) is 236 cm³/mol. The highest BCUT2D eigenvalue weighted by Gasteiger charge is 2.63. The summed E-state index contributed by atoms with van der Waals surface area (Å²) in [5.74, 6) is 2.98. The van der Waals surface area contributed by atoms with Crippen LogP contribution in [0.25, 0.3) is 27.8 Å². The first-order valence-corrected chi connectivity index (χ1v) is 19.8. The van der Waals surface area contributed by atoms with Gasteiger partial charge in [0.25, 0.3) is 0 Å². The maximum atomic E-state index is 5.70. The van der Waals surface area contributed by atoms with Crippen molar-refractivity contribution in [2.45, 2.75) is 51.4 Å². The maximum absolute atomic E-state index is 5.70. The van der Waals surface area contributed by atoms with Gasteiger partial charge in [0.05, 0.1) is 5.41 Å². The molecule has 3 unspecified atom stereocenters. The fraction of sp³-hybridized carbons (Fsp3) is 0.164. The lowest BCUT2D eigenvalue weighted by Gasteiger charge is -2.45. The highest BCUT2D eigenvalue weighted by molar-refractivity contribution is 5.91. The van der Waals surface area contributed by atoms with Gasteiger partial charge in [0.1, 0.15) is 0 Å². The Kier molecular flexibility index (Phi) is 7.52. The summed E-state index contributed by atoms with van der Waals surface area (Å²) in [6, 6.07) is 50.5. The molecule has 0 saturated heterocycles. The minimum Gasteiger partial charge on any atom is -0.310 e. The van der Waals surface area contributed by atoms with Gasteiger partial charge in [-0.25, -0.2) is 0 Å². The molecule has 0 fully saturated rings. The van der Waals surface area contributed by atoms with Crippen LogP contribution in [-0.4, -0.2) is 0 Å². The van der Waals surface area contributed by atoms with E-state index in [0.717, 1.165) is 17.1 Å². The maximum Gasteiger partial charge on any atom is 0.0564 e. The van der Waals surface area contributed by atoms with Gasteiger partial charge in [0, 0.05) is 33.8 Å². The lowest BCUT2D eigenvalue weighted by Crippen LogP contribution is -2.42. The summed E-state index contributed by atoms with van der Waals surface area (Å²) in [6.07, 6.45) is 19.1. The number of fused-ring (bicyclic) bond motifs is 11. The van der Waals surface area contributed by atoms with Crippen LogP contribution in [0.2, 0.25) is 0 Å². The minimum absolute atomic E-state index is 0.199. The number of terminal acetylenes is 1. The monoisotopic (exact) mass is 719 g/mol. The highest BCUT2D eigenvalue weighted by atomic mass is 15.1. The Morgan fingerprint density at radius 2 is 1.21 bits per heavy atom. The number of benzene rings is 6. The third-order valence-corrected chi connectivity index (χ3v) is 13.6. The second-order valence-corrected chi connectivity index (χ2v) is 16.8. The van der Waals surface area contributed by atoms with Crippen LogP contribution >= 0.6 is 0 Å². The molecule has 1 nitrogen and oxygen atoms in total. The van der Waals surface area contributed by atoms with Crippen LogP contribution < -0.4 is 4.90 Å². The predicted octanol–water partition coefficient (Wildman–Crippen LogP) is 13.9. The van der Waals surface area contributed by atoms with Crippen LogP contribution in [0, 0.1) is 24.7 Å². The van der Waals surface area contributed by atoms with Crippen molar-refractivity contribution in [2.75, 3.05) is 4.90 Å². The molecule has 0 saturated carbocycles. The molecule has 0 amide bonds. The Balaban J connectivity index is 1.20. The molecule has 0 radical (unpaired) electrons. The van der Waals surface area contributed by atoms with E-state index in [1.807, 2.05) is 6.08 Å². The largest absolute Gasteiger partial charge is 0.310 e. The van der Waals surface area contributed by atoms with Gasteiger partial charge in [-0.05, 0) is 129 Å². The normalized spacial score (nSPS) is 21.8. The number of aryl methyl sites for hydroxylation is 1. The Hall–Kier alpha value is -6.36. The van der Waals surface area contributed by atoms with Crippen LogP contribution in [0.4, 0.5) is 17.1 Å². The van der Waals surface area contributed by atoms with E-state index in [1.54, 1.807) is 0 Å². The standard InChI is InChI=1S/C55H45N/c1-7-8-17-47-37(3)43-31-29-41(34-51(43)53(47,4)5)56(40-27-25-39(26-28-40)38-23-21-36(2)22-24-38)42-30-32-45-44-15-9-11-19-49(44)55(52(45)35-42)50-20-12-10-16-46(50)48-18-13-14-33-54(48,55)6/h1,8-35,48H,2-6H3/b17-8-. The zero-order valence-electron chi connectivity index (χ0n) is 32.8. The van der Waals surface area contributed by atoms with E-state index >= 15 is 0 Å². The number of allylic oxidation sites excluding steroid dienone is 8. The van der Waals surface area contributed by atoms with E-state index in [2.05, 4.69) is 209 Å². The van der Waals surface area contributed by atoms with Crippen LogP contribution in [-0.2, 0) is 10.8 Å². The van der Waals surface area contributed by atoms with Gasteiger partial charge in [-0.15, -0.1) is 6.42 Å². The van der Waals surface area contributed by atoms with Gasteiger partial charge in [-0.3, -0.25) is 0 Å². The summed E-state index contributed by atoms with van der Waals surface area (Å²) in [4.78, 5) is 2.47. The first-order valence-electron chi connectivity index (χ1n) is 19.8. The Morgan fingerprint density at radius 3 is 1.95 bits per heavy atom. The number of hydrogen-bond donors (Lipinski definition) is 0. The molecule has 56 heavy (non-hydrogen) atoms. The summed E-state index contributed by atoms with van der Waals surface area (Å²) >= 11 is 0. The smallest absolute Gasteiger partial charge is 0.0564 e. The lowest BCUT2D eigenvalue weighted by atomic mass is 9.56.